The number of hydrogen-bond donors (Lipinski definition) is 1. The van der Waals surface area contributed by atoms with E-state index in [9.17, 15) is 14.0 Å². The zero-order chi connectivity index (χ0) is 18.0. The second-order valence-electron chi connectivity index (χ2n) is 5.01. The van der Waals surface area contributed by atoms with Crippen molar-refractivity contribution in [1.82, 2.24) is 9.78 Å². The van der Waals surface area contributed by atoms with Crippen LogP contribution in [-0.2, 0) is 0 Å². The molecule has 0 aliphatic carbocycles. The van der Waals surface area contributed by atoms with Crippen LogP contribution in [0, 0.1) is 5.82 Å². The highest BCUT2D eigenvalue weighted by atomic mass is 35.5. The number of nitrogens with zero attached hydrogens (tertiary/aromatic N) is 2. The molecule has 1 aromatic heterocycles. The largest absolute Gasteiger partial charge is 0.319 e. The first-order chi connectivity index (χ1) is 12.0. The standard InChI is InChI=1S/C17H10Cl2FN3O2/c18-12-2-1-3-13(15(12)19)21-17(25)16-14(24)8-9-23(22-16)11-6-4-10(20)5-7-11/h1-9H,(H,21,25). The van der Waals surface area contributed by atoms with Crippen LogP contribution in [0.5, 0.6) is 0 Å². The van der Waals surface area contributed by atoms with E-state index in [1.54, 1.807) is 18.2 Å². The molecule has 0 bridgehead atoms. The molecule has 3 rings (SSSR count). The number of aromatic nitrogens is 2. The molecule has 1 N–H and O–H groups in total. The first-order valence-corrected chi connectivity index (χ1v) is 7.82. The number of carbonyl (C=O) groups excluding carboxylic acids is 1. The molecule has 0 saturated heterocycles. The van der Waals surface area contributed by atoms with E-state index < -0.39 is 17.2 Å². The van der Waals surface area contributed by atoms with Crippen LogP contribution in [0.2, 0.25) is 10.0 Å². The molecule has 0 spiro atoms. The Bertz CT molecular complexity index is 1000. The number of anilines is 1. The summed E-state index contributed by atoms with van der Waals surface area (Å²) in [5.41, 5.74) is -0.134. The highest BCUT2D eigenvalue weighted by Gasteiger charge is 2.16. The smallest absolute Gasteiger partial charge is 0.280 e. The Kier molecular flexibility index (Phi) is 4.83. The quantitative estimate of drug-likeness (QED) is 0.751. The lowest BCUT2D eigenvalue weighted by molar-refractivity contribution is 0.101. The van der Waals surface area contributed by atoms with Crippen LogP contribution in [0.4, 0.5) is 10.1 Å². The molecule has 0 atom stereocenters. The summed E-state index contributed by atoms with van der Waals surface area (Å²) in [7, 11) is 0. The van der Waals surface area contributed by atoms with Crippen LogP contribution in [0.25, 0.3) is 5.69 Å². The summed E-state index contributed by atoms with van der Waals surface area (Å²) in [6, 6.07) is 11.4. The lowest BCUT2D eigenvalue weighted by atomic mass is 10.3. The van der Waals surface area contributed by atoms with E-state index in [-0.39, 0.29) is 21.4 Å². The van der Waals surface area contributed by atoms with Gasteiger partial charge in [-0.3, -0.25) is 9.59 Å². The van der Waals surface area contributed by atoms with Gasteiger partial charge < -0.3 is 5.32 Å². The van der Waals surface area contributed by atoms with E-state index in [4.69, 9.17) is 23.2 Å². The molecule has 1 heterocycles. The highest BCUT2D eigenvalue weighted by Crippen LogP contribution is 2.29. The van der Waals surface area contributed by atoms with Crippen molar-refractivity contribution < 1.29 is 9.18 Å². The second-order valence-corrected chi connectivity index (χ2v) is 5.79. The SMILES string of the molecule is O=C(Nc1cccc(Cl)c1Cl)c1nn(-c2ccc(F)cc2)ccc1=O. The maximum Gasteiger partial charge on any atom is 0.280 e. The highest BCUT2D eigenvalue weighted by molar-refractivity contribution is 6.44. The van der Waals surface area contributed by atoms with E-state index in [0.29, 0.717) is 5.69 Å². The van der Waals surface area contributed by atoms with Gasteiger partial charge in [0.2, 0.25) is 5.43 Å². The third kappa shape index (κ3) is 3.70. The molecule has 8 heteroatoms. The van der Waals surface area contributed by atoms with E-state index in [1.807, 2.05) is 0 Å². The Morgan fingerprint density at radius 2 is 1.80 bits per heavy atom. The van der Waals surface area contributed by atoms with Crippen molar-refractivity contribution in [2.24, 2.45) is 0 Å². The van der Waals surface area contributed by atoms with E-state index in [2.05, 4.69) is 10.4 Å². The molecule has 1 amide bonds. The summed E-state index contributed by atoms with van der Waals surface area (Å²) in [4.78, 5) is 24.4. The van der Waals surface area contributed by atoms with Gasteiger partial charge >= 0.3 is 0 Å². The third-order valence-electron chi connectivity index (χ3n) is 3.31. The molecule has 2 aromatic carbocycles. The topological polar surface area (TPSA) is 64.0 Å². The Morgan fingerprint density at radius 3 is 2.52 bits per heavy atom. The zero-order valence-corrected chi connectivity index (χ0v) is 14.1. The summed E-state index contributed by atoms with van der Waals surface area (Å²) < 4.78 is 14.3. The molecule has 0 unspecified atom stereocenters. The van der Waals surface area contributed by atoms with Crippen LogP contribution in [0.15, 0.2) is 59.5 Å². The Balaban J connectivity index is 1.95. The van der Waals surface area contributed by atoms with Crippen molar-refractivity contribution in [2.45, 2.75) is 0 Å². The van der Waals surface area contributed by atoms with Gasteiger partial charge in [-0.1, -0.05) is 29.3 Å². The summed E-state index contributed by atoms with van der Waals surface area (Å²) in [6.07, 6.45) is 1.39. The van der Waals surface area contributed by atoms with Crippen LogP contribution in [-0.4, -0.2) is 15.7 Å². The van der Waals surface area contributed by atoms with Crippen molar-refractivity contribution in [3.05, 3.63) is 86.5 Å². The number of hydrogen-bond acceptors (Lipinski definition) is 3. The summed E-state index contributed by atoms with van der Waals surface area (Å²) in [5, 5.41) is 6.95. The maximum absolute atomic E-state index is 13.0. The fraction of sp³-hybridized carbons (Fsp3) is 0. The van der Waals surface area contributed by atoms with Gasteiger partial charge in [0.15, 0.2) is 5.69 Å². The lowest BCUT2D eigenvalue weighted by Gasteiger charge is -2.09. The molecule has 126 valence electrons. The predicted molar refractivity (Wildman–Crippen MR) is 94.2 cm³/mol. The van der Waals surface area contributed by atoms with E-state index in [0.717, 1.165) is 0 Å². The first kappa shape index (κ1) is 17.1. The van der Waals surface area contributed by atoms with Gasteiger partial charge in [0.05, 0.1) is 21.4 Å². The van der Waals surface area contributed by atoms with Crippen LogP contribution in [0.3, 0.4) is 0 Å². The van der Waals surface area contributed by atoms with Gasteiger partial charge in [0.1, 0.15) is 5.82 Å². The fourth-order valence-electron chi connectivity index (χ4n) is 2.08. The predicted octanol–water partition coefficient (Wildman–Crippen LogP) is 3.93. The van der Waals surface area contributed by atoms with Gasteiger partial charge in [-0.15, -0.1) is 0 Å². The molecular formula is C17H10Cl2FN3O2. The van der Waals surface area contributed by atoms with Crippen molar-refractivity contribution >= 4 is 34.8 Å². The molecule has 0 saturated carbocycles. The minimum absolute atomic E-state index is 0.160. The van der Waals surface area contributed by atoms with Crippen LogP contribution >= 0.6 is 23.2 Å². The van der Waals surface area contributed by atoms with Crippen molar-refractivity contribution in [3.63, 3.8) is 0 Å². The summed E-state index contributed by atoms with van der Waals surface area (Å²) >= 11 is 11.9. The van der Waals surface area contributed by atoms with Crippen molar-refractivity contribution in [1.29, 1.82) is 0 Å². The van der Waals surface area contributed by atoms with Gasteiger partial charge in [-0.25, -0.2) is 9.07 Å². The Morgan fingerprint density at radius 1 is 1.08 bits per heavy atom. The van der Waals surface area contributed by atoms with Crippen LogP contribution < -0.4 is 10.7 Å². The molecule has 0 aliphatic heterocycles. The number of rotatable bonds is 3. The number of benzene rings is 2. The maximum atomic E-state index is 13.0. The average molecular weight is 378 g/mol. The molecule has 0 aliphatic rings. The summed E-state index contributed by atoms with van der Waals surface area (Å²) in [5.74, 6) is -1.14. The Labute approximate surface area is 151 Å². The van der Waals surface area contributed by atoms with Gasteiger partial charge in [0.25, 0.3) is 5.91 Å². The number of nitrogens with one attached hydrogen (secondary N) is 1. The van der Waals surface area contributed by atoms with Gasteiger partial charge in [-0.2, -0.15) is 5.10 Å². The van der Waals surface area contributed by atoms with Crippen LogP contribution in [0.1, 0.15) is 10.5 Å². The first-order valence-electron chi connectivity index (χ1n) is 7.07. The number of carbonyl (C=O) groups is 1. The minimum Gasteiger partial charge on any atom is -0.319 e. The fourth-order valence-corrected chi connectivity index (χ4v) is 2.43. The molecular weight excluding hydrogens is 368 g/mol. The number of amides is 1. The molecule has 5 nitrogen and oxygen atoms in total. The number of halogens is 3. The van der Waals surface area contributed by atoms with E-state index >= 15 is 0 Å². The third-order valence-corrected chi connectivity index (χ3v) is 4.13. The van der Waals surface area contributed by atoms with Crippen molar-refractivity contribution in [3.8, 4) is 5.69 Å². The monoisotopic (exact) mass is 377 g/mol. The minimum atomic E-state index is -0.731. The zero-order valence-electron chi connectivity index (χ0n) is 12.5. The van der Waals surface area contributed by atoms with Gasteiger partial charge in [0, 0.05) is 12.3 Å². The Hall–Kier alpha value is -2.70. The molecule has 0 radical (unpaired) electrons. The molecule has 0 fully saturated rings. The molecule has 25 heavy (non-hydrogen) atoms. The normalized spacial score (nSPS) is 10.5. The second kappa shape index (κ2) is 7.04. The van der Waals surface area contributed by atoms with Gasteiger partial charge in [-0.05, 0) is 36.4 Å². The average Bonchev–Trinajstić information content (AvgIpc) is 2.60. The lowest BCUT2D eigenvalue weighted by Crippen LogP contribution is -2.25. The van der Waals surface area contributed by atoms with Crippen molar-refractivity contribution in [2.75, 3.05) is 5.32 Å². The van der Waals surface area contributed by atoms with E-state index in [1.165, 1.54) is 41.2 Å². The summed E-state index contributed by atoms with van der Waals surface area (Å²) in [6.45, 7) is 0. The molecule has 3 aromatic rings.